The van der Waals surface area contributed by atoms with Crippen LogP contribution in [0.15, 0.2) is 42.5 Å². The molecule has 0 spiro atoms. The van der Waals surface area contributed by atoms with Crippen molar-refractivity contribution >= 4 is 41.0 Å². The number of nitrogens with zero attached hydrogens (tertiary/aromatic N) is 1. The van der Waals surface area contributed by atoms with Crippen LogP contribution in [-0.2, 0) is 4.79 Å². The quantitative estimate of drug-likeness (QED) is 0.802. The van der Waals surface area contributed by atoms with E-state index in [1.165, 1.54) is 12.1 Å². The number of hydrogen-bond acceptors (Lipinski definition) is 3. The molecule has 0 saturated heterocycles. The number of carbonyl (C=O) groups excluding carboxylic acids is 2. The molecule has 0 fully saturated rings. The molecule has 2 amide bonds. The minimum absolute atomic E-state index is 0.0299. The van der Waals surface area contributed by atoms with Crippen molar-refractivity contribution in [3.63, 3.8) is 0 Å². The number of benzene rings is 2. The summed E-state index contributed by atoms with van der Waals surface area (Å²) < 4.78 is 0. The molecule has 1 atom stereocenters. The van der Waals surface area contributed by atoms with Crippen LogP contribution in [-0.4, -0.2) is 34.3 Å². The molecule has 128 valence electrons. The predicted molar refractivity (Wildman–Crippen MR) is 93.3 cm³/mol. The lowest BCUT2D eigenvalue weighted by molar-refractivity contribution is -0.137. The highest BCUT2D eigenvalue weighted by atomic mass is 35.5. The minimum atomic E-state index is -1.01. The van der Waals surface area contributed by atoms with Crippen molar-refractivity contribution in [1.82, 2.24) is 4.90 Å². The molecule has 0 bridgehead atoms. The second-order valence-electron chi connectivity index (χ2n) is 5.76. The normalized spacial score (nSPS) is 14.6. The van der Waals surface area contributed by atoms with Crippen LogP contribution in [0.4, 0.5) is 0 Å². The van der Waals surface area contributed by atoms with Gasteiger partial charge in [0, 0.05) is 22.5 Å². The Labute approximate surface area is 153 Å². The Balaban J connectivity index is 1.90. The molecule has 2 aromatic rings. The Morgan fingerprint density at radius 2 is 1.56 bits per heavy atom. The fraction of sp³-hybridized carbons (Fsp3) is 0.167. The number of amides is 2. The van der Waals surface area contributed by atoms with E-state index in [-0.39, 0.29) is 24.1 Å². The third-order valence-corrected chi connectivity index (χ3v) is 4.59. The molecule has 1 aliphatic rings. The third kappa shape index (κ3) is 3.52. The highest BCUT2D eigenvalue weighted by Gasteiger charge is 2.37. The second-order valence-corrected chi connectivity index (χ2v) is 6.63. The molecule has 0 saturated carbocycles. The molecule has 0 aliphatic carbocycles. The van der Waals surface area contributed by atoms with Gasteiger partial charge in [-0.25, -0.2) is 0 Å². The van der Waals surface area contributed by atoms with Crippen molar-refractivity contribution < 1.29 is 19.5 Å². The maximum absolute atomic E-state index is 12.5. The maximum Gasteiger partial charge on any atom is 0.304 e. The van der Waals surface area contributed by atoms with E-state index in [1.54, 1.807) is 30.3 Å². The molecule has 0 radical (unpaired) electrons. The first-order valence-electron chi connectivity index (χ1n) is 7.50. The zero-order valence-corrected chi connectivity index (χ0v) is 14.4. The molecule has 2 aromatic carbocycles. The fourth-order valence-electron chi connectivity index (χ4n) is 2.88. The zero-order valence-electron chi connectivity index (χ0n) is 12.9. The molecule has 1 aliphatic heterocycles. The average molecular weight is 378 g/mol. The number of carbonyl (C=O) groups is 3. The van der Waals surface area contributed by atoms with E-state index in [9.17, 15) is 19.5 Å². The summed E-state index contributed by atoms with van der Waals surface area (Å²) in [5.74, 6) is -2.46. The van der Waals surface area contributed by atoms with Crippen LogP contribution in [0, 0.1) is 0 Å². The molecule has 7 heteroatoms. The van der Waals surface area contributed by atoms with Gasteiger partial charge in [0.15, 0.2) is 0 Å². The van der Waals surface area contributed by atoms with Crippen molar-refractivity contribution in [2.24, 2.45) is 0 Å². The van der Waals surface area contributed by atoms with E-state index in [0.717, 1.165) is 4.90 Å². The van der Waals surface area contributed by atoms with Gasteiger partial charge in [-0.1, -0.05) is 35.3 Å². The molecule has 0 aromatic heterocycles. The Hall–Kier alpha value is -2.37. The summed E-state index contributed by atoms with van der Waals surface area (Å²) in [6.45, 7) is -0.0299. The molecule has 1 heterocycles. The van der Waals surface area contributed by atoms with E-state index >= 15 is 0 Å². The van der Waals surface area contributed by atoms with Crippen molar-refractivity contribution in [3.05, 3.63) is 69.2 Å². The number of hydrogen-bond donors (Lipinski definition) is 1. The van der Waals surface area contributed by atoms with E-state index in [1.807, 2.05) is 0 Å². The van der Waals surface area contributed by atoms with Crippen LogP contribution in [0.1, 0.15) is 38.6 Å². The Bertz CT molecular complexity index is 864. The maximum atomic E-state index is 12.5. The van der Waals surface area contributed by atoms with Crippen molar-refractivity contribution in [1.29, 1.82) is 0 Å². The molecule has 1 unspecified atom stereocenters. The van der Waals surface area contributed by atoms with Gasteiger partial charge >= 0.3 is 5.97 Å². The summed E-state index contributed by atoms with van der Waals surface area (Å²) in [6.07, 6.45) is -0.213. The molecule has 25 heavy (non-hydrogen) atoms. The number of rotatable bonds is 5. The number of carboxylic acids is 1. The highest BCUT2D eigenvalue weighted by Crippen LogP contribution is 2.30. The summed E-state index contributed by atoms with van der Waals surface area (Å²) in [4.78, 5) is 37.4. The van der Waals surface area contributed by atoms with Gasteiger partial charge in [-0.05, 0) is 35.9 Å². The molecule has 5 nitrogen and oxygen atoms in total. The third-order valence-electron chi connectivity index (χ3n) is 4.10. The van der Waals surface area contributed by atoms with Crippen LogP contribution < -0.4 is 0 Å². The summed E-state index contributed by atoms with van der Waals surface area (Å²) in [6, 6.07) is 11.2. The van der Waals surface area contributed by atoms with E-state index < -0.39 is 23.7 Å². The average Bonchev–Trinajstić information content (AvgIpc) is 2.79. The van der Waals surface area contributed by atoms with Crippen molar-refractivity contribution in [2.75, 3.05) is 6.54 Å². The molecular formula is C18H13Cl2NO4. The van der Waals surface area contributed by atoms with Crippen molar-refractivity contribution in [2.45, 2.75) is 12.3 Å². The van der Waals surface area contributed by atoms with Crippen LogP contribution in [0.5, 0.6) is 0 Å². The molecular weight excluding hydrogens is 365 g/mol. The second kappa shape index (κ2) is 6.86. The Morgan fingerprint density at radius 3 is 2.20 bits per heavy atom. The first-order chi connectivity index (χ1) is 11.9. The van der Waals surface area contributed by atoms with Gasteiger partial charge in [0.05, 0.1) is 17.5 Å². The summed E-state index contributed by atoms with van der Waals surface area (Å²) >= 11 is 11.8. The van der Waals surface area contributed by atoms with Crippen LogP contribution >= 0.6 is 23.2 Å². The highest BCUT2D eigenvalue weighted by molar-refractivity contribution is 6.32. The number of fused-ring (bicyclic) bond motifs is 1. The van der Waals surface area contributed by atoms with E-state index in [0.29, 0.717) is 15.6 Å². The van der Waals surface area contributed by atoms with E-state index in [2.05, 4.69) is 0 Å². The topological polar surface area (TPSA) is 74.7 Å². The predicted octanol–water partition coefficient (Wildman–Crippen LogP) is 3.85. The minimum Gasteiger partial charge on any atom is -0.481 e. The lowest BCUT2D eigenvalue weighted by Crippen LogP contribution is -2.34. The van der Waals surface area contributed by atoms with Crippen LogP contribution in [0.3, 0.4) is 0 Å². The number of aliphatic carboxylic acids is 1. The Morgan fingerprint density at radius 1 is 0.960 bits per heavy atom. The van der Waals surface area contributed by atoms with Gasteiger partial charge in [0.1, 0.15) is 0 Å². The van der Waals surface area contributed by atoms with Crippen LogP contribution in [0.25, 0.3) is 0 Å². The van der Waals surface area contributed by atoms with E-state index in [4.69, 9.17) is 23.2 Å². The first kappa shape index (κ1) is 17.5. The summed E-state index contributed by atoms with van der Waals surface area (Å²) in [7, 11) is 0. The summed E-state index contributed by atoms with van der Waals surface area (Å²) in [5.41, 5.74) is 1.21. The number of imide groups is 1. The lowest BCUT2D eigenvalue weighted by atomic mass is 9.95. The van der Waals surface area contributed by atoms with Gasteiger partial charge in [-0.2, -0.15) is 0 Å². The fourth-order valence-corrected chi connectivity index (χ4v) is 3.18. The molecule has 3 rings (SSSR count). The largest absolute Gasteiger partial charge is 0.481 e. The SMILES string of the molecule is O=C(O)CC(CN1C(=O)c2ccc(Cl)cc2C1=O)c1ccc(Cl)cc1. The molecule has 1 N–H and O–H groups in total. The number of carboxylic acid groups (broad SMARTS) is 1. The van der Waals surface area contributed by atoms with Gasteiger partial charge in [0.2, 0.25) is 0 Å². The zero-order chi connectivity index (χ0) is 18.1. The smallest absolute Gasteiger partial charge is 0.304 e. The van der Waals surface area contributed by atoms with Crippen molar-refractivity contribution in [3.8, 4) is 0 Å². The van der Waals surface area contributed by atoms with Crippen LogP contribution in [0.2, 0.25) is 10.0 Å². The van der Waals surface area contributed by atoms with Gasteiger partial charge in [-0.15, -0.1) is 0 Å². The standard InChI is InChI=1S/C18H13Cl2NO4/c19-12-3-1-10(2-4-12)11(7-16(22)23)9-21-17(24)14-6-5-13(20)8-15(14)18(21)25/h1-6,8,11H,7,9H2,(H,22,23). The van der Waals surface area contributed by atoms with Gasteiger partial charge in [0.25, 0.3) is 11.8 Å². The lowest BCUT2D eigenvalue weighted by Gasteiger charge is -2.22. The van der Waals surface area contributed by atoms with Gasteiger partial charge < -0.3 is 5.11 Å². The van der Waals surface area contributed by atoms with Gasteiger partial charge in [-0.3, -0.25) is 19.3 Å². The number of halogens is 2. The summed E-state index contributed by atoms with van der Waals surface area (Å²) in [5, 5.41) is 10.1. The monoisotopic (exact) mass is 377 g/mol. The first-order valence-corrected chi connectivity index (χ1v) is 8.25. The Kier molecular flexibility index (Phi) is 4.79.